The molecule has 1 aliphatic rings. The molecule has 2 rings (SSSR count). The van der Waals surface area contributed by atoms with Gasteiger partial charge in [0, 0.05) is 44.7 Å². The van der Waals surface area contributed by atoms with Crippen molar-refractivity contribution in [2.75, 3.05) is 24.6 Å². The molecular formula is C21H26ClF2NO3S. The van der Waals surface area contributed by atoms with E-state index in [0.29, 0.717) is 30.3 Å². The second-order valence-electron chi connectivity index (χ2n) is 7.39. The summed E-state index contributed by atoms with van der Waals surface area (Å²) in [6, 6.07) is 2.60. The lowest BCUT2D eigenvalue weighted by Gasteiger charge is -2.35. The van der Waals surface area contributed by atoms with Gasteiger partial charge in [0.05, 0.1) is 15.6 Å². The van der Waals surface area contributed by atoms with Crippen LogP contribution in [0.15, 0.2) is 17.0 Å². The highest BCUT2D eigenvalue weighted by Crippen LogP contribution is 2.40. The summed E-state index contributed by atoms with van der Waals surface area (Å²) in [7, 11) is 0. The van der Waals surface area contributed by atoms with Crippen molar-refractivity contribution >= 4 is 46.0 Å². The van der Waals surface area contributed by atoms with Crippen LogP contribution in [0.5, 0.6) is 0 Å². The van der Waals surface area contributed by atoms with Gasteiger partial charge in [0.15, 0.2) is 10.9 Å². The van der Waals surface area contributed by atoms with Crippen LogP contribution < -0.4 is 4.90 Å². The first kappa shape index (κ1) is 23.8. The largest absolute Gasteiger partial charge is 0.396 e. The topological polar surface area (TPSA) is 57.6 Å². The molecule has 1 fully saturated rings. The van der Waals surface area contributed by atoms with Crippen molar-refractivity contribution < 1.29 is 23.5 Å². The Labute approximate surface area is 179 Å². The molecule has 1 aromatic carbocycles. The molecule has 0 radical (unpaired) electrons. The number of hydrogen-bond acceptors (Lipinski definition) is 5. The summed E-state index contributed by atoms with van der Waals surface area (Å²) >= 11 is 7.22. The maximum Gasteiger partial charge on any atom is 0.270 e. The number of piperidine rings is 1. The molecule has 0 atom stereocenters. The summed E-state index contributed by atoms with van der Waals surface area (Å²) < 4.78 is 28.0. The molecule has 8 heteroatoms. The van der Waals surface area contributed by atoms with E-state index < -0.39 is 5.92 Å². The van der Waals surface area contributed by atoms with Crippen LogP contribution >= 0.6 is 23.4 Å². The summed E-state index contributed by atoms with van der Waals surface area (Å²) in [6.45, 7) is 4.96. The monoisotopic (exact) mass is 445 g/mol. The van der Waals surface area contributed by atoms with E-state index in [-0.39, 0.29) is 33.0 Å². The number of ketones is 1. The highest BCUT2D eigenvalue weighted by atomic mass is 35.5. The smallest absolute Gasteiger partial charge is 0.270 e. The number of aliphatic hydroxyl groups is 1. The SMILES string of the molecule is CC(=O)S/C(=C\c1cc(C(C)(F)F)cc(Cl)c1N1CCC(CCO)CC1)C(C)=O. The number of carbonyl (C=O) groups is 2. The molecule has 29 heavy (non-hydrogen) atoms. The standard InChI is InChI=1S/C21H26ClF2NO3S/c1-13(27)19(29-14(2)28)11-16-10-17(21(3,23)24)12-18(22)20(16)25-7-4-15(5-8-25)6-9-26/h10-12,15,26H,4-9H2,1-3H3/b19-11-. The van der Waals surface area contributed by atoms with Gasteiger partial charge in [0.1, 0.15) is 0 Å². The first-order chi connectivity index (χ1) is 13.5. The molecule has 1 aliphatic heterocycles. The number of benzene rings is 1. The number of anilines is 1. The van der Waals surface area contributed by atoms with Gasteiger partial charge in [-0.15, -0.1) is 0 Å². The van der Waals surface area contributed by atoms with E-state index in [2.05, 4.69) is 0 Å². The average Bonchev–Trinajstić information content (AvgIpc) is 2.61. The van der Waals surface area contributed by atoms with E-state index in [0.717, 1.165) is 37.9 Å². The molecule has 1 heterocycles. The number of Topliss-reactive ketones (excluding diaryl/α,β-unsaturated/α-hetero) is 1. The zero-order valence-corrected chi connectivity index (χ0v) is 18.4. The van der Waals surface area contributed by atoms with Gasteiger partial charge in [-0.2, -0.15) is 0 Å². The van der Waals surface area contributed by atoms with Gasteiger partial charge in [-0.25, -0.2) is 8.78 Å². The first-order valence-corrected chi connectivity index (χ1v) is 10.7. The van der Waals surface area contributed by atoms with Crippen molar-refractivity contribution in [2.45, 2.75) is 46.0 Å². The van der Waals surface area contributed by atoms with Crippen molar-refractivity contribution in [1.82, 2.24) is 0 Å². The third-order valence-electron chi connectivity index (χ3n) is 4.96. The molecule has 0 saturated carbocycles. The number of rotatable bonds is 7. The average molecular weight is 446 g/mol. The molecule has 0 bridgehead atoms. The maximum atomic E-state index is 14.0. The minimum absolute atomic E-state index is 0.143. The van der Waals surface area contributed by atoms with Crippen molar-refractivity contribution in [3.63, 3.8) is 0 Å². The van der Waals surface area contributed by atoms with Crippen LogP contribution in [-0.4, -0.2) is 35.7 Å². The van der Waals surface area contributed by atoms with Gasteiger partial charge < -0.3 is 10.0 Å². The Morgan fingerprint density at radius 3 is 2.41 bits per heavy atom. The van der Waals surface area contributed by atoms with Crippen LogP contribution in [0.3, 0.4) is 0 Å². The van der Waals surface area contributed by atoms with Gasteiger partial charge in [-0.05, 0) is 62.1 Å². The summed E-state index contributed by atoms with van der Waals surface area (Å²) in [6.07, 6.45) is 3.92. The quantitative estimate of drug-likeness (QED) is 0.580. The number of nitrogens with zero attached hydrogens (tertiary/aromatic N) is 1. The Morgan fingerprint density at radius 1 is 1.31 bits per heavy atom. The first-order valence-electron chi connectivity index (χ1n) is 9.51. The van der Waals surface area contributed by atoms with Gasteiger partial charge in [0.2, 0.25) is 0 Å². The van der Waals surface area contributed by atoms with Crippen LogP contribution in [0, 0.1) is 5.92 Å². The fourth-order valence-electron chi connectivity index (χ4n) is 3.44. The van der Waals surface area contributed by atoms with E-state index in [1.807, 2.05) is 4.90 Å². The fraction of sp³-hybridized carbons (Fsp3) is 0.524. The van der Waals surface area contributed by atoms with E-state index in [1.54, 1.807) is 0 Å². The number of hydrogen-bond donors (Lipinski definition) is 1. The second kappa shape index (κ2) is 10.0. The lowest BCUT2D eigenvalue weighted by molar-refractivity contribution is -0.113. The predicted octanol–water partition coefficient (Wildman–Crippen LogP) is 5.26. The van der Waals surface area contributed by atoms with Crippen LogP contribution in [-0.2, 0) is 15.5 Å². The Hall–Kier alpha value is -1.44. The minimum atomic E-state index is -3.09. The Balaban J connectivity index is 2.52. The highest BCUT2D eigenvalue weighted by molar-refractivity contribution is 8.17. The normalized spacial score (nSPS) is 16.2. The van der Waals surface area contributed by atoms with E-state index in [9.17, 15) is 18.4 Å². The van der Waals surface area contributed by atoms with Crippen LogP contribution in [0.2, 0.25) is 5.02 Å². The van der Waals surface area contributed by atoms with Crippen molar-refractivity contribution in [3.8, 4) is 0 Å². The molecule has 1 aromatic rings. The molecular weight excluding hydrogens is 420 g/mol. The number of allylic oxidation sites excluding steroid dienone is 1. The number of halogens is 3. The molecule has 0 unspecified atom stereocenters. The van der Waals surface area contributed by atoms with E-state index in [4.69, 9.17) is 16.7 Å². The third kappa shape index (κ3) is 6.52. The van der Waals surface area contributed by atoms with Gasteiger partial charge in [0.25, 0.3) is 5.92 Å². The van der Waals surface area contributed by atoms with Crippen molar-refractivity contribution in [3.05, 3.63) is 33.2 Å². The molecule has 0 spiro atoms. The highest BCUT2D eigenvalue weighted by Gasteiger charge is 2.29. The molecule has 1 N–H and O–H groups in total. The van der Waals surface area contributed by atoms with Crippen molar-refractivity contribution in [2.24, 2.45) is 5.92 Å². The molecule has 0 aromatic heterocycles. The molecule has 0 amide bonds. The van der Waals surface area contributed by atoms with Crippen molar-refractivity contribution in [1.29, 1.82) is 0 Å². The predicted molar refractivity (Wildman–Crippen MR) is 115 cm³/mol. The molecule has 160 valence electrons. The number of alkyl halides is 2. The Bertz CT molecular complexity index is 800. The minimum Gasteiger partial charge on any atom is -0.396 e. The lowest BCUT2D eigenvalue weighted by atomic mass is 9.93. The summed E-state index contributed by atoms with van der Waals surface area (Å²) in [4.78, 5) is 25.7. The second-order valence-corrected chi connectivity index (χ2v) is 9.01. The Kier molecular flexibility index (Phi) is 8.26. The van der Waals surface area contributed by atoms with Crippen LogP contribution in [0.1, 0.15) is 51.2 Å². The number of carbonyl (C=O) groups excluding carboxylic acids is 2. The lowest BCUT2D eigenvalue weighted by Crippen LogP contribution is -2.34. The zero-order valence-electron chi connectivity index (χ0n) is 16.8. The summed E-state index contributed by atoms with van der Waals surface area (Å²) in [5.41, 5.74) is 0.738. The maximum absolute atomic E-state index is 14.0. The van der Waals surface area contributed by atoms with Gasteiger partial charge in [-0.1, -0.05) is 11.6 Å². The Morgan fingerprint density at radius 2 is 1.93 bits per heavy atom. The molecule has 1 saturated heterocycles. The van der Waals surface area contributed by atoms with Crippen LogP contribution in [0.4, 0.5) is 14.5 Å². The van der Waals surface area contributed by atoms with Gasteiger partial charge >= 0.3 is 0 Å². The number of aliphatic hydroxyl groups excluding tert-OH is 1. The summed E-state index contributed by atoms with van der Waals surface area (Å²) in [5, 5.41) is 9.07. The molecule has 0 aliphatic carbocycles. The van der Waals surface area contributed by atoms with E-state index in [1.165, 1.54) is 32.1 Å². The third-order valence-corrected chi connectivity index (χ3v) is 6.16. The van der Waals surface area contributed by atoms with Gasteiger partial charge in [-0.3, -0.25) is 9.59 Å². The fourth-order valence-corrected chi connectivity index (χ4v) is 4.43. The summed E-state index contributed by atoms with van der Waals surface area (Å²) in [5.74, 6) is -3.00. The van der Waals surface area contributed by atoms with E-state index >= 15 is 0 Å². The van der Waals surface area contributed by atoms with Crippen LogP contribution in [0.25, 0.3) is 6.08 Å². The molecule has 4 nitrogen and oxygen atoms in total. The zero-order chi connectivity index (χ0) is 21.8. The number of thioether (sulfide) groups is 1.